The van der Waals surface area contributed by atoms with Crippen LogP contribution in [0.25, 0.3) is 10.8 Å². The Kier molecular flexibility index (Phi) is 14.7. The van der Waals surface area contributed by atoms with E-state index in [1.54, 1.807) is 18.2 Å². The Hall–Kier alpha value is -2.77. The highest BCUT2D eigenvalue weighted by molar-refractivity contribution is 8.04. The zero-order valence-electron chi connectivity index (χ0n) is 26.6. The molecule has 1 fully saturated rings. The van der Waals surface area contributed by atoms with E-state index in [0.717, 1.165) is 28.1 Å². The molecule has 1 saturated heterocycles. The summed E-state index contributed by atoms with van der Waals surface area (Å²) in [7, 11) is -4.37. The number of hydrogen-bond donors (Lipinski definition) is 5. The van der Waals surface area contributed by atoms with E-state index < -0.39 is 54.7 Å². The minimum atomic E-state index is -4.37. The Bertz CT molecular complexity index is 1710. The molecule has 1 aliphatic rings. The van der Waals surface area contributed by atoms with E-state index >= 15 is 0 Å². The zero-order valence-corrected chi connectivity index (χ0v) is 30.6. The summed E-state index contributed by atoms with van der Waals surface area (Å²) in [6.45, 7) is 0.194. The van der Waals surface area contributed by atoms with Gasteiger partial charge in [-0.3, -0.25) is 23.7 Å². The maximum absolute atomic E-state index is 13.9. The summed E-state index contributed by atoms with van der Waals surface area (Å²) in [6, 6.07) is 16.6. The Morgan fingerprint density at radius 1 is 0.980 bits per heavy atom. The highest BCUT2D eigenvalue weighted by atomic mass is 35.5. The number of nitrogens with zero attached hydrogens (tertiary/aromatic N) is 1. The number of carbonyl (C=O) groups is 4. The molecule has 0 saturated carbocycles. The number of likely N-dealkylation sites (tertiary alicyclic amines) is 1. The SMILES string of the molecule is NC(=O)C(CNC(=O)C1CCCCN1C(=O)C(CSCP(=O)(O)O)NC(=O)CCSCc1ccc(Cl)c(Cl)c1)c1ccc2ccccc2c1. The average molecular weight is 770 g/mol. The molecule has 16 heteroatoms. The number of piperidine rings is 1. The summed E-state index contributed by atoms with van der Waals surface area (Å²) in [5.41, 5.74) is 6.80. The molecule has 6 N–H and O–H groups in total. The Morgan fingerprint density at radius 3 is 2.45 bits per heavy atom. The van der Waals surface area contributed by atoms with Crippen LogP contribution in [0.15, 0.2) is 60.7 Å². The van der Waals surface area contributed by atoms with Crippen LogP contribution in [0.3, 0.4) is 0 Å². The number of carbonyl (C=O) groups excluding carboxylic acids is 4. The van der Waals surface area contributed by atoms with Crippen molar-refractivity contribution in [2.45, 2.75) is 49.4 Å². The number of benzene rings is 3. The summed E-state index contributed by atoms with van der Waals surface area (Å²) >= 11 is 14.4. The Morgan fingerprint density at radius 2 is 1.73 bits per heavy atom. The first kappa shape index (κ1) is 39.0. The van der Waals surface area contributed by atoms with Gasteiger partial charge in [0.05, 0.1) is 21.5 Å². The molecule has 0 aliphatic carbocycles. The van der Waals surface area contributed by atoms with Crippen LogP contribution in [-0.2, 0) is 29.5 Å². The number of halogens is 2. The van der Waals surface area contributed by atoms with Crippen LogP contribution in [-0.4, -0.2) is 80.5 Å². The predicted molar refractivity (Wildman–Crippen MR) is 197 cm³/mol. The maximum atomic E-state index is 13.9. The lowest BCUT2D eigenvalue weighted by Gasteiger charge is -2.37. The minimum absolute atomic E-state index is 0.0662. The fraction of sp³-hybridized carbons (Fsp3) is 0.394. The van der Waals surface area contributed by atoms with Crippen LogP contribution in [0, 0.1) is 0 Å². The van der Waals surface area contributed by atoms with Crippen LogP contribution >= 0.6 is 54.3 Å². The molecule has 0 radical (unpaired) electrons. The summed E-state index contributed by atoms with van der Waals surface area (Å²) in [4.78, 5) is 73.0. The number of hydrogen-bond acceptors (Lipinski definition) is 7. The number of nitrogens with one attached hydrogen (secondary N) is 2. The van der Waals surface area contributed by atoms with Crippen molar-refractivity contribution < 1.29 is 33.5 Å². The molecule has 4 rings (SSSR count). The van der Waals surface area contributed by atoms with E-state index in [4.69, 9.17) is 28.9 Å². The van der Waals surface area contributed by atoms with Gasteiger partial charge >= 0.3 is 7.60 Å². The van der Waals surface area contributed by atoms with E-state index in [9.17, 15) is 33.5 Å². The highest BCUT2D eigenvalue weighted by Gasteiger charge is 2.36. The second kappa shape index (κ2) is 18.5. The van der Waals surface area contributed by atoms with Gasteiger partial charge in [0.2, 0.25) is 23.6 Å². The lowest BCUT2D eigenvalue weighted by molar-refractivity contribution is -0.144. The first-order chi connectivity index (χ1) is 23.3. The van der Waals surface area contributed by atoms with E-state index in [1.165, 1.54) is 16.7 Å². The fourth-order valence-corrected chi connectivity index (χ4v) is 8.56. The standard InChI is InChI=1S/C33H39Cl2N4O7PS2/c34-26-11-8-21(15-27(26)35)18-48-14-12-30(40)38-28(19-49-20-47(44,45)46)33(43)39-13-4-3-7-29(39)32(42)37-17-25(31(36)41)24-10-9-22-5-1-2-6-23(22)16-24/h1-2,5-6,8-11,15-16,25,28-29H,3-4,7,12-14,17-20H2,(H2,36,41)(H,37,42)(H,38,40)(H2,44,45,46). The van der Waals surface area contributed by atoms with Gasteiger partial charge < -0.3 is 31.1 Å². The molecule has 0 aromatic heterocycles. The fourth-order valence-electron chi connectivity index (χ4n) is 5.51. The van der Waals surface area contributed by atoms with Gasteiger partial charge in [0.1, 0.15) is 12.1 Å². The van der Waals surface area contributed by atoms with Crippen molar-refractivity contribution in [3.05, 3.63) is 81.8 Å². The van der Waals surface area contributed by atoms with Gasteiger partial charge in [0.15, 0.2) is 0 Å². The highest BCUT2D eigenvalue weighted by Crippen LogP contribution is 2.39. The van der Waals surface area contributed by atoms with Gasteiger partial charge in [0.25, 0.3) is 0 Å². The summed E-state index contributed by atoms with van der Waals surface area (Å²) in [6.07, 6.45) is 1.78. The summed E-state index contributed by atoms with van der Waals surface area (Å²) in [5, 5.41) is 8.36. The molecule has 1 heterocycles. The lowest BCUT2D eigenvalue weighted by Crippen LogP contribution is -2.58. The van der Waals surface area contributed by atoms with E-state index in [2.05, 4.69) is 10.6 Å². The van der Waals surface area contributed by atoms with Crippen LogP contribution in [0.2, 0.25) is 10.0 Å². The van der Waals surface area contributed by atoms with Crippen LogP contribution in [0.1, 0.15) is 42.7 Å². The number of rotatable bonds is 16. The topological polar surface area (TPSA) is 179 Å². The maximum Gasteiger partial charge on any atom is 0.335 e. The molecule has 264 valence electrons. The van der Waals surface area contributed by atoms with Crippen LogP contribution in [0.5, 0.6) is 0 Å². The first-order valence-electron chi connectivity index (χ1n) is 15.6. The van der Waals surface area contributed by atoms with Crippen molar-refractivity contribution >= 4 is 88.7 Å². The van der Waals surface area contributed by atoms with Crippen molar-refractivity contribution in [1.82, 2.24) is 15.5 Å². The third kappa shape index (κ3) is 11.9. The predicted octanol–water partition coefficient (Wildman–Crippen LogP) is 4.89. The monoisotopic (exact) mass is 768 g/mol. The second-order valence-corrected chi connectivity index (χ2v) is 16.7. The van der Waals surface area contributed by atoms with Crippen LogP contribution in [0.4, 0.5) is 0 Å². The van der Waals surface area contributed by atoms with E-state index in [1.807, 2.05) is 42.5 Å². The number of fused-ring (bicyclic) bond motifs is 1. The Balaban J connectivity index is 1.39. The largest absolute Gasteiger partial charge is 0.369 e. The smallest absolute Gasteiger partial charge is 0.335 e. The van der Waals surface area contributed by atoms with Crippen molar-refractivity contribution in [3.63, 3.8) is 0 Å². The molecule has 0 spiro atoms. The molecule has 1 aliphatic heterocycles. The lowest BCUT2D eigenvalue weighted by atomic mass is 9.95. The third-order valence-corrected chi connectivity index (χ3v) is 12.4. The van der Waals surface area contributed by atoms with Gasteiger partial charge in [-0.05, 0) is 53.3 Å². The molecule has 3 aromatic carbocycles. The normalized spacial score (nSPS) is 16.2. The van der Waals surface area contributed by atoms with Gasteiger partial charge in [-0.25, -0.2) is 0 Å². The molecule has 3 unspecified atom stereocenters. The molecule has 49 heavy (non-hydrogen) atoms. The van der Waals surface area contributed by atoms with Gasteiger partial charge in [-0.1, -0.05) is 71.7 Å². The molecule has 3 aromatic rings. The second-order valence-electron chi connectivity index (χ2n) is 11.7. The number of nitrogens with two attached hydrogens (primary N) is 1. The van der Waals surface area contributed by atoms with Crippen molar-refractivity contribution in [1.29, 1.82) is 0 Å². The van der Waals surface area contributed by atoms with Gasteiger partial charge in [-0.2, -0.15) is 11.8 Å². The summed E-state index contributed by atoms with van der Waals surface area (Å²) < 4.78 is 11.5. The zero-order chi connectivity index (χ0) is 35.6. The molecular formula is C33H39Cl2N4O7PS2. The van der Waals surface area contributed by atoms with Gasteiger partial charge in [-0.15, -0.1) is 11.8 Å². The van der Waals surface area contributed by atoms with Crippen molar-refractivity contribution in [3.8, 4) is 0 Å². The van der Waals surface area contributed by atoms with E-state index in [0.29, 0.717) is 46.4 Å². The Labute approximate surface area is 303 Å². The minimum Gasteiger partial charge on any atom is -0.369 e. The van der Waals surface area contributed by atoms with E-state index in [-0.39, 0.29) is 25.3 Å². The average Bonchev–Trinajstić information content (AvgIpc) is 3.06. The first-order valence-corrected chi connectivity index (χ1v) is 20.5. The van der Waals surface area contributed by atoms with Crippen LogP contribution < -0.4 is 16.4 Å². The number of primary amides is 1. The number of amides is 4. The van der Waals surface area contributed by atoms with Crippen molar-refractivity contribution in [2.75, 3.05) is 30.1 Å². The molecule has 4 amide bonds. The molecular weight excluding hydrogens is 730 g/mol. The van der Waals surface area contributed by atoms with Gasteiger partial charge in [0, 0.05) is 36.8 Å². The van der Waals surface area contributed by atoms with Crippen molar-refractivity contribution in [2.24, 2.45) is 5.73 Å². The number of thioether (sulfide) groups is 2. The molecule has 3 atom stereocenters. The third-order valence-electron chi connectivity index (χ3n) is 7.99. The molecule has 0 bridgehead atoms. The quantitative estimate of drug-likeness (QED) is 0.100. The molecule has 11 nitrogen and oxygen atoms in total. The summed E-state index contributed by atoms with van der Waals surface area (Å²) in [5.74, 6) is -1.85.